The van der Waals surface area contributed by atoms with Gasteiger partial charge in [0.1, 0.15) is 0 Å². The molecule has 0 aliphatic carbocycles. The summed E-state index contributed by atoms with van der Waals surface area (Å²) in [4.78, 5) is 11.8. The number of nitrogens with one attached hydrogen (secondary N) is 1. The van der Waals surface area contributed by atoms with Gasteiger partial charge in [0.25, 0.3) is 5.91 Å². The van der Waals surface area contributed by atoms with E-state index in [1.807, 2.05) is 0 Å². The van der Waals surface area contributed by atoms with Crippen molar-refractivity contribution in [2.45, 2.75) is 6.42 Å². The average Bonchev–Trinajstić information content (AvgIpc) is 2.36. The van der Waals surface area contributed by atoms with Crippen LogP contribution in [0, 0.1) is 0 Å². The highest BCUT2D eigenvalue weighted by Gasteiger charge is 2.09. The molecule has 0 bridgehead atoms. The zero-order valence-electron chi connectivity index (χ0n) is 9.92. The van der Waals surface area contributed by atoms with E-state index in [1.165, 1.54) is 0 Å². The van der Waals surface area contributed by atoms with E-state index < -0.39 is 0 Å². The Balaban J connectivity index is 2.36. The van der Waals surface area contributed by atoms with Gasteiger partial charge < -0.3 is 10.1 Å². The fourth-order valence-electron chi connectivity index (χ4n) is 1.27. The first-order valence-corrected chi connectivity index (χ1v) is 6.74. The lowest BCUT2D eigenvalue weighted by atomic mass is 10.2. The van der Waals surface area contributed by atoms with E-state index in [0.717, 1.165) is 10.9 Å². The zero-order valence-corrected chi connectivity index (χ0v) is 12.3. The number of halogens is 2. The lowest BCUT2D eigenvalue weighted by molar-refractivity contribution is 0.0917. The quantitative estimate of drug-likeness (QED) is 0.614. The van der Waals surface area contributed by atoms with Crippen LogP contribution in [0.5, 0.6) is 0 Å². The van der Waals surface area contributed by atoms with Crippen LogP contribution < -0.4 is 5.32 Å². The molecule has 0 saturated carbocycles. The molecule has 0 aromatic heterocycles. The van der Waals surface area contributed by atoms with E-state index in [4.69, 9.17) is 16.3 Å². The third kappa shape index (κ3) is 5.21. The molecule has 0 atom stereocenters. The van der Waals surface area contributed by atoms with Crippen molar-refractivity contribution in [3.63, 3.8) is 0 Å². The molecule has 0 heterocycles. The molecule has 98 valence electrons. The van der Waals surface area contributed by atoms with Crippen molar-refractivity contribution in [3.05, 3.63) is 45.9 Å². The van der Waals surface area contributed by atoms with E-state index in [2.05, 4.69) is 27.8 Å². The topological polar surface area (TPSA) is 38.3 Å². The van der Waals surface area contributed by atoms with Gasteiger partial charge in [-0.25, -0.2) is 0 Å². The first-order chi connectivity index (χ1) is 8.65. The summed E-state index contributed by atoms with van der Waals surface area (Å²) in [7, 11) is 0. The molecular formula is C13H15BrClNO2. The summed E-state index contributed by atoms with van der Waals surface area (Å²) in [6.45, 7) is 5.17. The van der Waals surface area contributed by atoms with E-state index in [9.17, 15) is 4.79 Å². The molecular weight excluding hydrogens is 318 g/mol. The van der Waals surface area contributed by atoms with Gasteiger partial charge in [0.2, 0.25) is 0 Å². The zero-order chi connectivity index (χ0) is 13.4. The van der Waals surface area contributed by atoms with Crippen LogP contribution in [0.4, 0.5) is 0 Å². The van der Waals surface area contributed by atoms with Gasteiger partial charge in [-0.15, -0.1) is 6.58 Å². The molecule has 1 aromatic rings. The van der Waals surface area contributed by atoms with Crippen LogP contribution in [0.3, 0.4) is 0 Å². The molecule has 0 saturated heterocycles. The Labute approximate surface area is 120 Å². The molecule has 1 aromatic carbocycles. The van der Waals surface area contributed by atoms with Crippen molar-refractivity contribution in [2.75, 3.05) is 19.8 Å². The van der Waals surface area contributed by atoms with Crippen LogP contribution in [0.25, 0.3) is 0 Å². The SMILES string of the molecule is C=CCCOCCNC(=O)c1cc(Cl)ccc1Br. The monoisotopic (exact) mass is 331 g/mol. The smallest absolute Gasteiger partial charge is 0.252 e. The van der Waals surface area contributed by atoms with Crippen LogP contribution in [-0.2, 0) is 4.74 Å². The number of hydrogen-bond donors (Lipinski definition) is 1. The average molecular weight is 333 g/mol. The second-order valence-corrected chi connectivity index (χ2v) is 4.86. The van der Waals surface area contributed by atoms with Crippen molar-refractivity contribution in [1.82, 2.24) is 5.32 Å². The van der Waals surface area contributed by atoms with Crippen LogP contribution in [-0.4, -0.2) is 25.7 Å². The van der Waals surface area contributed by atoms with Crippen molar-refractivity contribution < 1.29 is 9.53 Å². The van der Waals surface area contributed by atoms with Gasteiger partial charge in [-0.2, -0.15) is 0 Å². The number of ether oxygens (including phenoxy) is 1. The lowest BCUT2D eigenvalue weighted by Gasteiger charge is -2.07. The molecule has 0 unspecified atom stereocenters. The highest BCUT2D eigenvalue weighted by Crippen LogP contribution is 2.20. The summed E-state index contributed by atoms with van der Waals surface area (Å²) in [6, 6.07) is 5.10. The van der Waals surface area contributed by atoms with Crippen LogP contribution in [0.1, 0.15) is 16.8 Å². The maximum Gasteiger partial charge on any atom is 0.252 e. The van der Waals surface area contributed by atoms with Gasteiger partial charge in [-0.3, -0.25) is 4.79 Å². The van der Waals surface area contributed by atoms with E-state index in [1.54, 1.807) is 24.3 Å². The molecule has 1 rings (SSSR count). The number of amides is 1. The van der Waals surface area contributed by atoms with E-state index in [-0.39, 0.29) is 5.91 Å². The van der Waals surface area contributed by atoms with Crippen molar-refractivity contribution in [1.29, 1.82) is 0 Å². The highest BCUT2D eigenvalue weighted by atomic mass is 79.9. The summed E-state index contributed by atoms with van der Waals surface area (Å²) < 4.78 is 6.01. The Kier molecular flexibility index (Phi) is 7.01. The molecule has 5 heteroatoms. The number of hydrogen-bond acceptors (Lipinski definition) is 2. The van der Waals surface area contributed by atoms with Crippen LogP contribution in [0.2, 0.25) is 5.02 Å². The molecule has 18 heavy (non-hydrogen) atoms. The lowest BCUT2D eigenvalue weighted by Crippen LogP contribution is -2.27. The summed E-state index contributed by atoms with van der Waals surface area (Å²) in [5.41, 5.74) is 0.522. The second-order valence-electron chi connectivity index (χ2n) is 3.57. The minimum Gasteiger partial charge on any atom is -0.379 e. The Hall–Kier alpha value is -0.840. The minimum absolute atomic E-state index is 0.170. The summed E-state index contributed by atoms with van der Waals surface area (Å²) in [5, 5.41) is 3.30. The molecule has 0 fully saturated rings. The highest BCUT2D eigenvalue weighted by molar-refractivity contribution is 9.10. The summed E-state index contributed by atoms with van der Waals surface area (Å²) >= 11 is 9.16. The first-order valence-electron chi connectivity index (χ1n) is 5.57. The van der Waals surface area contributed by atoms with Gasteiger partial charge in [0.15, 0.2) is 0 Å². The number of rotatable bonds is 7. The maximum atomic E-state index is 11.8. The third-order valence-corrected chi connectivity index (χ3v) is 3.10. The van der Waals surface area contributed by atoms with Gasteiger partial charge in [0.05, 0.1) is 18.8 Å². The van der Waals surface area contributed by atoms with Gasteiger partial charge >= 0.3 is 0 Å². The summed E-state index contributed by atoms with van der Waals surface area (Å²) in [5.74, 6) is -0.170. The van der Waals surface area contributed by atoms with E-state index in [0.29, 0.717) is 30.3 Å². The minimum atomic E-state index is -0.170. The van der Waals surface area contributed by atoms with Crippen LogP contribution in [0.15, 0.2) is 35.3 Å². The Morgan fingerprint density at radius 1 is 1.50 bits per heavy atom. The molecule has 1 N–H and O–H groups in total. The summed E-state index contributed by atoms with van der Waals surface area (Å²) in [6.07, 6.45) is 2.61. The Morgan fingerprint density at radius 3 is 3.00 bits per heavy atom. The van der Waals surface area contributed by atoms with Gasteiger partial charge in [-0.05, 0) is 40.5 Å². The van der Waals surface area contributed by atoms with Gasteiger partial charge in [0, 0.05) is 16.0 Å². The number of carbonyl (C=O) groups is 1. The first kappa shape index (κ1) is 15.2. The van der Waals surface area contributed by atoms with Gasteiger partial charge in [-0.1, -0.05) is 17.7 Å². The Morgan fingerprint density at radius 2 is 2.28 bits per heavy atom. The van der Waals surface area contributed by atoms with Crippen molar-refractivity contribution in [2.24, 2.45) is 0 Å². The predicted molar refractivity (Wildman–Crippen MR) is 77.1 cm³/mol. The van der Waals surface area contributed by atoms with Crippen molar-refractivity contribution in [3.8, 4) is 0 Å². The fraction of sp³-hybridized carbons (Fsp3) is 0.308. The molecule has 0 aliphatic rings. The third-order valence-electron chi connectivity index (χ3n) is 2.17. The molecule has 1 amide bonds. The standard InChI is InChI=1S/C13H15BrClNO2/c1-2-3-7-18-8-6-16-13(17)11-9-10(15)4-5-12(11)14/h2,4-5,9H,1,3,6-8H2,(H,16,17). The van der Waals surface area contributed by atoms with Crippen molar-refractivity contribution >= 4 is 33.4 Å². The van der Waals surface area contributed by atoms with Crippen LogP contribution >= 0.6 is 27.5 Å². The second kappa shape index (κ2) is 8.29. The Bertz CT molecular complexity index is 423. The molecule has 3 nitrogen and oxygen atoms in total. The predicted octanol–water partition coefficient (Wildman–Crippen LogP) is 3.43. The molecule has 0 aliphatic heterocycles. The molecule has 0 radical (unpaired) electrons. The fourth-order valence-corrected chi connectivity index (χ4v) is 1.87. The normalized spacial score (nSPS) is 10.1. The largest absolute Gasteiger partial charge is 0.379 e. The molecule has 0 spiro atoms. The maximum absolute atomic E-state index is 11.8. The van der Waals surface area contributed by atoms with E-state index >= 15 is 0 Å². The number of benzene rings is 1. The number of carbonyl (C=O) groups excluding carboxylic acids is 1.